The van der Waals surface area contributed by atoms with Gasteiger partial charge in [-0.3, -0.25) is 9.59 Å². The van der Waals surface area contributed by atoms with Crippen molar-refractivity contribution in [2.75, 3.05) is 13.1 Å². The second-order valence-corrected chi connectivity index (χ2v) is 5.44. The Labute approximate surface area is 124 Å². The minimum absolute atomic E-state index is 0.0904. The number of carbonyl (C=O) groups is 2. The van der Waals surface area contributed by atoms with E-state index in [2.05, 4.69) is 17.6 Å². The van der Waals surface area contributed by atoms with E-state index in [4.69, 9.17) is 0 Å². The lowest BCUT2D eigenvalue weighted by molar-refractivity contribution is -0.125. The highest BCUT2D eigenvalue weighted by Gasteiger charge is 2.00. The zero-order valence-electron chi connectivity index (χ0n) is 13.3. The first kappa shape index (κ1) is 18.9. The summed E-state index contributed by atoms with van der Waals surface area (Å²) in [5.41, 5.74) is 0. The number of amides is 2. The van der Waals surface area contributed by atoms with Crippen molar-refractivity contribution in [2.45, 2.75) is 78.1 Å². The van der Waals surface area contributed by atoms with E-state index in [0.717, 1.165) is 13.0 Å². The predicted molar refractivity (Wildman–Crippen MR) is 83.5 cm³/mol. The molecule has 0 heterocycles. The van der Waals surface area contributed by atoms with Crippen molar-refractivity contribution in [3.63, 3.8) is 0 Å². The van der Waals surface area contributed by atoms with Crippen LogP contribution < -0.4 is 10.6 Å². The van der Waals surface area contributed by atoms with Crippen LogP contribution in [-0.4, -0.2) is 24.9 Å². The molecule has 0 atom stereocenters. The van der Waals surface area contributed by atoms with Crippen LogP contribution in [-0.2, 0) is 9.59 Å². The summed E-state index contributed by atoms with van der Waals surface area (Å²) < 4.78 is 0. The summed E-state index contributed by atoms with van der Waals surface area (Å²) in [7, 11) is 0. The molecular weight excluding hydrogens is 252 g/mol. The average Bonchev–Trinajstić information content (AvgIpc) is 2.42. The summed E-state index contributed by atoms with van der Waals surface area (Å²) in [5.74, 6) is -0.268. The van der Waals surface area contributed by atoms with E-state index in [0.29, 0.717) is 0 Å². The van der Waals surface area contributed by atoms with E-state index >= 15 is 0 Å². The van der Waals surface area contributed by atoms with Crippen molar-refractivity contribution in [1.29, 1.82) is 0 Å². The number of rotatable bonds is 13. The van der Waals surface area contributed by atoms with Gasteiger partial charge in [-0.1, -0.05) is 64.7 Å². The third-order valence-corrected chi connectivity index (χ3v) is 3.35. The maximum absolute atomic E-state index is 11.3. The molecule has 2 amide bonds. The summed E-state index contributed by atoms with van der Waals surface area (Å²) in [6.07, 6.45) is 12.9. The Kier molecular flexibility index (Phi) is 13.6. The lowest BCUT2D eigenvalue weighted by atomic mass is 10.1. The number of carbonyl (C=O) groups excluding carboxylic acids is 2. The fraction of sp³-hybridized carbons (Fsp3) is 0.875. The molecule has 0 aromatic rings. The molecule has 0 saturated heterocycles. The van der Waals surface area contributed by atoms with E-state index in [1.54, 1.807) is 0 Å². The zero-order valence-corrected chi connectivity index (χ0v) is 13.3. The van der Waals surface area contributed by atoms with Crippen molar-refractivity contribution < 1.29 is 9.59 Å². The van der Waals surface area contributed by atoms with Crippen LogP contribution in [0, 0.1) is 0 Å². The fourth-order valence-corrected chi connectivity index (χ4v) is 2.11. The van der Waals surface area contributed by atoms with Crippen molar-refractivity contribution in [3.8, 4) is 0 Å². The van der Waals surface area contributed by atoms with E-state index in [9.17, 15) is 9.59 Å². The highest BCUT2D eigenvalue weighted by atomic mass is 16.2. The number of unbranched alkanes of at least 4 members (excludes halogenated alkanes) is 9. The Morgan fingerprint density at radius 1 is 0.750 bits per heavy atom. The summed E-state index contributed by atoms with van der Waals surface area (Å²) in [6.45, 7) is 4.46. The van der Waals surface area contributed by atoms with E-state index < -0.39 is 0 Å². The second kappa shape index (κ2) is 14.4. The van der Waals surface area contributed by atoms with E-state index in [1.807, 2.05) is 0 Å². The minimum Gasteiger partial charge on any atom is -0.355 e. The Balaban J connectivity index is 3.12. The van der Waals surface area contributed by atoms with Crippen LogP contribution in [0.15, 0.2) is 0 Å². The smallest absolute Gasteiger partial charge is 0.239 e. The first-order valence-electron chi connectivity index (χ1n) is 8.18. The number of hydrogen-bond donors (Lipinski definition) is 2. The molecule has 0 radical (unpaired) electrons. The summed E-state index contributed by atoms with van der Waals surface area (Å²) in [5, 5.41) is 5.29. The van der Waals surface area contributed by atoms with Crippen molar-refractivity contribution in [1.82, 2.24) is 10.6 Å². The van der Waals surface area contributed by atoms with Crippen molar-refractivity contribution in [2.24, 2.45) is 0 Å². The molecule has 0 saturated carbocycles. The van der Waals surface area contributed by atoms with Gasteiger partial charge in [0.15, 0.2) is 0 Å². The highest BCUT2D eigenvalue weighted by molar-refractivity contribution is 5.83. The molecule has 0 rings (SSSR count). The van der Waals surface area contributed by atoms with Crippen LogP contribution in [0.2, 0.25) is 0 Å². The molecule has 0 aromatic heterocycles. The topological polar surface area (TPSA) is 58.2 Å². The Morgan fingerprint density at radius 2 is 1.25 bits per heavy atom. The summed E-state index contributed by atoms with van der Waals surface area (Å²) in [6, 6.07) is 0. The molecule has 0 aromatic carbocycles. The predicted octanol–water partition coefficient (Wildman–Crippen LogP) is 3.16. The minimum atomic E-state index is -0.168. The molecule has 4 nitrogen and oxygen atoms in total. The van der Waals surface area contributed by atoms with Gasteiger partial charge < -0.3 is 10.6 Å². The van der Waals surface area contributed by atoms with Gasteiger partial charge in [0, 0.05) is 13.5 Å². The van der Waals surface area contributed by atoms with Gasteiger partial charge in [-0.25, -0.2) is 0 Å². The third kappa shape index (κ3) is 15.0. The molecule has 0 bridgehead atoms. The Hall–Kier alpha value is -1.06. The first-order valence-corrected chi connectivity index (χ1v) is 8.18. The van der Waals surface area contributed by atoms with E-state index in [-0.39, 0.29) is 18.4 Å². The molecule has 0 unspecified atom stereocenters. The first-order chi connectivity index (χ1) is 9.66. The lowest BCUT2D eigenvalue weighted by Gasteiger charge is -2.05. The maximum Gasteiger partial charge on any atom is 0.239 e. The molecular formula is C16H32N2O2. The molecule has 4 heteroatoms. The normalized spacial score (nSPS) is 10.3. The van der Waals surface area contributed by atoms with Gasteiger partial charge in [-0.05, 0) is 6.42 Å². The molecule has 2 N–H and O–H groups in total. The van der Waals surface area contributed by atoms with Crippen molar-refractivity contribution >= 4 is 11.8 Å². The molecule has 0 aliphatic rings. The Bertz CT molecular complexity index is 255. The fourth-order valence-electron chi connectivity index (χ4n) is 2.11. The molecule has 20 heavy (non-hydrogen) atoms. The van der Waals surface area contributed by atoms with Crippen molar-refractivity contribution in [3.05, 3.63) is 0 Å². The van der Waals surface area contributed by atoms with Crippen LogP contribution in [0.5, 0.6) is 0 Å². The van der Waals surface area contributed by atoms with Crippen LogP contribution in [0.4, 0.5) is 0 Å². The molecule has 0 fully saturated rings. The van der Waals surface area contributed by atoms with Gasteiger partial charge in [0.2, 0.25) is 11.8 Å². The van der Waals surface area contributed by atoms with Crippen LogP contribution in [0.1, 0.15) is 78.1 Å². The van der Waals surface area contributed by atoms with Crippen LogP contribution in [0.3, 0.4) is 0 Å². The maximum atomic E-state index is 11.3. The van der Waals surface area contributed by atoms with Gasteiger partial charge >= 0.3 is 0 Å². The molecule has 0 spiro atoms. The zero-order chi connectivity index (χ0) is 15.1. The van der Waals surface area contributed by atoms with Gasteiger partial charge in [0.25, 0.3) is 0 Å². The second-order valence-electron chi connectivity index (χ2n) is 5.44. The van der Waals surface area contributed by atoms with Gasteiger partial charge in [0.1, 0.15) is 0 Å². The SMILES string of the molecule is CCCCCCCCCCCCNC(=O)CNC(C)=O. The average molecular weight is 284 g/mol. The monoisotopic (exact) mass is 284 g/mol. The van der Waals surface area contributed by atoms with Gasteiger partial charge in [-0.2, -0.15) is 0 Å². The lowest BCUT2D eigenvalue weighted by Crippen LogP contribution is -2.36. The third-order valence-electron chi connectivity index (χ3n) is 3.35. The van der Waals surface area contributed by atoms with E-state index in [1.165, 1.54) is 64.7 Å². The van der Waals surface area contributed by atoms with Gasteiger partial charge in [-0.15, -0.1) is 0 Å². The largest absolute Gasteiger partial charge is 0.355 e. The molecule has 0 aliphatic heterocycles. The standard InChI is InChI=1S/C16H32N2O2/c1-3-4-5-6-7-8-9-10-11-12-13-17-16(20)14-18-15(2)19/h3-14H2,1-2H3,(H,17,20)(H,18,19). The number of hydrogen-bond acceptors (Lipinski definition) is 2. The number of nitrogens with one attached hydrogen (secondary N) is 2. The summed E-state index contributed by atoms with van der Waals surface area (Å²) >= 11 is 0. The molecule has 0 aliphatic carbocycles. The summed E-state index contributed by atoms with van der Waals surface area (Å²) in [4.78, 5) is 21.9. The highest BCUT2D eigenvalue weighted by Crippen LogP contribution is 2.10. The van der Waals surface area contributed by atoms with Crippen LogP contribution in [0.25, 0.3) is 0 Å². The molecule has 118 valence electrons. The van der Waals surface area contributed by atoms with Gasteiger partial charge in [0.05, 0.1) is 6.54 Å². The van der Waals surface area contributed by atoms with Crippen LogP contribution >= 0.6 is 0 Å². The Morgan fingerprint density at radius 3 is 1.75 bits per heavy atom. The quantitative estimate of drug-likeness (QED) is 0.510.